The lowest BCUT2D eigenvalue weighted by molar-refractivity contribution is -0.113. The number of carbonyl (C=O) groups is 1. The predicted molar refractivity (Wildman–Crippen MR) is 139 cm³/mol. The average molecular weight is 571 g/mol. The molecule has 5 rings (SSSR count). The van der Waals surface area contributed by atoms with Crippen molar-refractivity contribution in [3.63, 3.8) is 0 Å². The Bertz CT molecular complexity index is 1420. The van der Waals surface area contributed by atoms with Crippen LogP contribution in [-0.4, -0.2) is 49.6 Å². The zero-order chi connectivity index (χ0) is 25.2. The number of hydrogen-bond donors (Lipinski definition) is 1. The third-order valence-electron chi connectivity index (χ3n) is 5.50. The first-order valence-electron chi connectivity index (χ1n) is 11.1. The maximum absolute atomic E-state index is 12.7. The Labute approximate surface area is 220 Å². The first-order valence-corrected chi connectivity index (χ1v) is 12.9. The van der Waals surface area contributed by atoms with Crippen LogP contribution in [0.1, 0.15) is 12.6 Å². The molecule has 0 unspecified atom stereocenters. The van der Waals surface area contributed by atoms with E-state index < -0.39 is 0 Å². The highest BCUT2D eigenvalue weighted by Crippen LogP contribution is 2.35. The molecule has 0 spiro atoms. The number of hydrogen-bond acceptors (Lipinski definition) is 8. The number of fused-ring (bicyclic) bond motifs is 1. The van der Waals surface area contributed by atoms with E-state index in [1.807, 2.05) is 49.7 Å². The molecule has 1 aliphatic rings. The Balaban J connectivity index is 1.41. The summed E-state index contributed by atoms with van der Waals surface area (Å²) in [4.78, 5) is 12.7. The number of benzene rings is 2. The van der Waals surface area contributed by atoms with E-state index in [1.54, 1.807) is 22.9 Å². The monoisotopic (exact) mass is 570 g/mol. The Hall–Kier alpha value is -3.51. The zero-order valence-electron chi connectivity index (χ0n) is 19.8. The molecule has 0 fully saturated rings. The second kappa shape index (κ2) is 10.2. The summed E-state index contributed by atoms with van der Waals surface area (Å²) < 4.78 is 20.8. The summed E-state index contributed by atoms with van der Waals surface area (Å²) in [5.74, 6) is 2.55. The van der Waals surface area contributed by atoms with Crippen LogP contribution in [0.15, 0.2) is 52.1 Å². The van der Waals surface area contributed by atoms with Crippen LogP contribution >= 0.6 is 27.7 Å². The van der Waals surface area contributed by atoms with Crippen molar-refractivity contribution in [2.45, 2.75) is 19.0 Å². The molecule has 0 radical (unpaired) electrons. The molecule has 1 amide bonds. The maximum Gasteiger partial charge on any atom is 0.234 e. The smallest absolute Gasteiger partial charge is 0.234 e. The highest BCUT2D eigenvalue weighted by atomic mass is 79.9. The number of thioether (sulfide) groups is 1. The lowest BCUT2D eigenvalue weighted by Gasteiger charge is -2.11. The van der Waals surface area contributed by atoms with Crippen LogP contribution in [0.25, 0.3) is 17.2 Å². The molecule has 36 heavy (non-hydrogen) atoms. The van der Waals surface area contributed by atoms with Gasteiger partial charge in [0.2, 0.25) is 12.7 Å². The van der Waals surface area contributed by atoms with E-state index in [0.717, 1.165) is 21.6 Å². The fourth-order valence-corrected chi connectivity index (χ4v) is 4.90. The van der Waals surface area contributed by atoms with Gasteiger partial charge in [0.15, 0.2) is 22.5 Å². The van der Waals surface area contributed by atoms with Crippen molar-refractivity contribution >= 4 is 39.3 Å². The van der Waals surface area contributed by atoms with Crippen LogP contribution in [0.4, 0.5) is 5.69 Å². The molecule has 1 aliphatic heterocycles. The van der Waals surface area contributed by atoms with Crippen molar-refractivity contribution in [1.29, 1.82) is 0 Å². The third-order valence-corrected chi connectivity index (χ3v) is 7.38. The largest absolute Gasteiger partial charge is 0.494 e. The number of aromatic nitrogens is 5. The average Bonchev–Trinajstić information content (AvgIpc) is 3.58. The van der Waals surface area contributed by atoms with Crippen LogP contribution in [0.3, 0.4) is 0 Å². The van der Waals surface area contributed by atoms with Crippen molar-refractivity contribution in [1.82, 2.24) is 24.5 Å². The molecule has 0 bridgehead atoms. The number of nitrogens with one attached hydrogen (secondary N) is 1. The van der Waals surface area contributed by atoms with E-state index in [0.29, 0.717) is 40.5 Å². The minimum atomic E-state index is -0.184. The number of anilines is 1. The zero-order valence-corrected chi connectivity index (χ0v) is 22.2. The summed E-state index contributed by atoms with van der Waals surface area (Å²) in [5, 5.41) is 16.9. The Morgan fingerprint density at radius 3 is 2.67 bits per heavy atom. The lowest BCUT2D eigenvalue weighted by Crippen LogP contribution is -2.14. The molecule has 0 aliphatic carbocycles. The summed E-state index contributed by atoms with van der Waals surface area (Å²) in [5.41, 5.74) is 3.08. The third kappa shape index (κ3) is 4.78. The quantitative estimate of drug-likeness (QED) is 0.306. The molecular formula is C24H23BrN6O4S. The lowest BCUT2D eigenvalue weighted by atomic mass is 10.3. The van der Waals surface area contributed by atoms with Gasteiger partial charge >= 0.3 is 0 Å². The normalized spacial score (nSPS) is 12.1. The van der Waals surface area contributed by atoms with E-state index in [1.165, 1.54) is 11.8 Å². The van der Waals surface area contributed by atoms with Gasteiger partial charge in [0.1, 0.15) is 11.4 Å². The first kappa shape index (κ1) is 24.2. The summed E-state index contributed by atoms with van der Waals surface area (Å²) in [6, 6.07) is 12.9. The summed E-state index contributed by atoms with van der Waals surface area (Å²) >= 11 is 4.91. The standard InChI is InChI=1S/C24H23BrN6O4S/c1-4-33-17-8-6-16(7-9-17)31-23(22-21(25)14(2)30(3)29-22)27-28-24(31)36-12-20(32)26-15-5-10-18-19(11-15)35-13-34-18/h5-11H,4,12-13H2,1-3H3,(H,26,32). The van der Waals surface area contributed by atoms with E-state index in [-0.39, 0.29) is 18.5 Å². The molecule has 0 saturated carbocycles. The highest BCUT2D eigenvalue weighted by molar-refractivity contribution is 9.10. The number of amides is 1. The number of halogens is 1. The first-order chi connectivity index (χ1) is 17.4. The molecule has 4 aromatic rings. The molecule has 10 nitrogen and oxygen atoms in total. The second-order valence-corrected chi connectivity index (χ2v) is 9.58. The molecule has 3 heterocycles. The molecule has 2 aromatic heterocycles. The van der Waals surface area contributed by atoms with Gasteiger partial charge in [-0.3, -0.25) is 14.0 Å². The highest BCUT2D eigenvalue weighted by Gasteiger charge is 2.23. The van der Waals surface area contributed by atoms with Crippen molar-refractivity contribution < 1.29 is 19.0 Å². The molecule has 12 heteroatoms. The molecule has 1 N–H and O–H groups in total. The van der Waals surface area contributed by atoms with E-state index in [9.17, 15) is 4.79 Å². The van der Waals surface area contributed by atoms with Gasteiger partial charge in [-0.15, -0.1) is 10.2 Å². The number of carbonyl (C=O) groups excluding carboxylic acids is 1. The van der Waals surface area contributed by atoms with Gasteiger partial charge in [0.05, 0.1) is 22.5 Å². The molecule has 0 atom stereocenters. The second-order valence-electron chi connectivity index (χ2n) is 7.85. The summed E-state index contributed by atoms with van der Waals surface area (Å²) in [6.45, 7) is 4.67. The van der Waals surface area contributed by atoms with Crippen molar-refractivity contribution in [3.8, 4) is 34.5 Å². The van der Waals surface area contributed by atoms with Crippen molar-refractivity contribution in [2.24, 2.45) is 7.05 Å². The van der Waals surface area contributed by atoms with Gasteiger partial charge in [0, 0.05) is 24.5 Å². The fraction of sp³-hybridized carbons (Fsp3) is 0.250. The number of ether oxygens (including phenoxy) is 3. The molecule has 186 valence electrons. The van der Waals surface area contributed by atoms with Crippen LogP contribution in [0.2, 0.25) is 0 Å². The maximum atomic E-state index is 12.7. The van der Waals surface area contributed by atoms with Gasteiger partial charge in [0.25, 0.3) is 0 Å². The van der Waals surface area contributed by atoms with Crippen molar-refractivity contribution in [2.75, 3.05) is 24.5 Å². The van der Waals surface area contributed by atoms with Gasteiger partial charge in [-0.25, -0.2) is 0 Å². The fourth-order valence-electron chi connectivity index (χ4n) is 3.63. The SMILES string of the molecule is CCOc1ccc(-n2c(SCC(=O)Nc3ccc4c(c3)OCO4)nnc2-c2nn(C)c(C)c2Br)cc1. The predicted octanol–water partition coefficient (Wildman–Crippen LogP) is 4.60. The van der Waals surface area contributed by atoms with Gasteiger partial charge in [-0.2, -0.15) is 5.10 Å². The minimum absolute atomic E-state index is 0.131. The topological polar surface area (TPSA) is 105 Å². The molecule has 2 aromatic carbocycles. The van der Waals surface area contributed by atoms with E-state index in [4.69, 9.17) is 14.2 Å². The van der Waals surface area contributed by atoms with E-state index in [2.05, 4.69) is 36.5 Å². The Kier molecular flexibility index (Phi) is 6.88. The van der Waals surface area contributed by atoms with Crippen LogP contribution in [-0.2, 0) is 11.8 Å². The van der Waals surface area contributed by atoms with Gasteiger partial charge in [-0.1, -0.05) is 11.8 Å². The summed E-state index contributed by atoms with van der Waals surface area (Å²) in [6.07, 6.45) is 0. The Morgan fingerprint density at radius 1 is 1.17 bits per heavy atom. The minimum Gasteiger partial charge on any atom is -0.494 e. The Morgan fingerprint density at radius 2 is 1.94 bits per heavy atom. The molecule has 0 saturated heterocycles. The van der Waals surface area contributed by atoms with Crippen molar-refractivity contribution in [3.05, 3.63) is 52.6 Å². The summed E-state index contributed by atoms with van der Waals surface area (Å²) in [7, 11) is 1.87. The number of aryl methyl sites for hydroxylation is 1. The van der Waals surface area contributed by atoms with Crippen LogP contribution < -0.4 is 19.5 Å². The van der Waals surface area contributed by atoms with Crippen LogP contribution in [0, 0.1) is 6.92 Å². The molecular weight excluding hydrogens is 548 g/mol. The van der Waals surface area contributed by atoms with Gasteiger partial charge < -0.3 is 19.5 Å². The number of rotatable bonds is 8. The van der Waals surface area contributed by atoms with E-state index >= 15 is 0 Å². The number of nitrogens with zero attached hydrogens (tertiary/aromatic N) is 5. The van der Waals surface area contributed by atoms with Gasteiger partial charge in [-0.05, 0) is 66.2 Å². The van der Waals surface area contributed by atoms with Crippen LogP contribution in [0.5, 0.6) is 17.2 Å².